The van der Waals surface area contributed by atoms with Crippen LogP contribution in [-0.4, -0.2) is 39.5 Å². The Morgan fingerprint density at radius 1 is 1.50 bits per heavy atom. The molecule has 0 fully saturated rings. The molecule has 0 saturated carbocycles. The molecule has 0 rings (SSSR count). The topological polar surface area (TPSA) is 44.8 Å². The summed E-state index contributed by atoms with van der Waals surface area (Å²) in [4.78, 5) is 10.6. The van der Waals surface area contributed by atoms with Gasteiger partial charge in [0.2, 0.25) is 0 Å². The minimum absolute atomic E-state index is 0.190. The first-order valence-electron chi connectivity index (χ1n) is 3.55. The molecule has 12 heavy (non-hydrogen) atoms. The van der Waals surface area contributed by atoms with Crippen molar-refractivity contribution in [1.82, 2.24) is 0 Å². The Labute approximate surface area is 72.1 Å². The van der Waals surface area contributed by atoms with Crippen molar-refractivity contribution in [2.24, 2.45) is 0 Å². The van der Waals surface area contributed by atoms with E-state index in [0.29, 0.717) is 6.61 Å². The predicted octanol–water partition coefficient (Wildman–Crippen LogP) is 0.377. The van der Waals surface area contributed by atoms with Gasteiger partial charge in [-0.25, -0.2) is 4.79 Å². The van der Waals surface area contributed by atoms with E-state index in [1.165, 1.54) is 7.11 Å². The maximum Gasteiger partial charge on any atom is 0.330 e. The minimum atomic E-state index is -0.451. The van der Waals surface area contributed by atoms with E-state index in [0.717, 1.165) is 6.08 Å². The van der Waals surface area contributed by atoms with E-state index in [1.807, 2.05) is 0 Å². The van der Waals surface area contributed by atoms with E-state index in [9.17, 15) is 4.79 Å². The predicted molar refractivity (Wildman–Crippen MR) is 43.8 cm³/mol. The molecule has 0 saturated heterocycles. The third kappa shape index (κ3) is 4.87. The van der Waals surface area contributed by atoms with Gasteiger partial charge in [-0.05, 0) is 0 Å². The SMILES string of the molecule is C=CC(=O)OCC(COC)OC. The van der Waals surface area contributed by atoms with Crippen LogP contribution in [0.1, 0.15) is 0 Å². The largest absolute Gasteiger partial charge is 0.460 e. The van der Waals surface area contributed by atoms with E-state index in [-0.39, 0.29) is 12.7 Å². The summed E-state index contributed by atoms with van der Waals surface area (Å²) in [5.74, 6) is -0.451. The zero-order valence-electron chi connectivity index (χ0n) is 7.41. The van der Waals surface area contributed by atoms with Gasteiger partial charge in [0.15, 0.2) is 0 Å². The fraction of sp³-hybridized carbons (Fsp3) is 0.625. The highest BCUT2D eigenvalue weighted by Gasteiger charge is 2.08. The van der Waals surface area contributed by atoms with Gasteiger partial charge in [-0.3, -0.25) is 0 Å². The Morgan fingerprint density at radius 2 is 2.17 bits per heavy atom. The summed E-state index contributed by atoms with van der Waals surface area (Å²) in [6.07, 6.45) is 0.901. The number of carbonyl (C=O) groups excluding carboxylic acids is 1. The van der Waals surface area contributed by atoms with Crippen molar-refractivity contribution in [3.05, 3.63) is 12.7 Å². The Kier molecular flexibility index (Phi) is 6.32. The third-order valence-electron chi connectivity index (χ3n) is 1.26. The number of esters is 1. The molecule has 4 heteroatoms. The van der Waals surface area contributed by atoms with Gasteiger partial charge in [0.1, 0.15) is 12.7 Å². The molecule has 0 aliphatic heterocycles. The lowest BCUT2D eigenvalue weighted by Gasteiger charge is -2.13. The zero-order valence-corrected chi connectivity index (χ0v) is 7.41. The average molecular weight is 174 g/mol. The van der Waals surface area contributed by atoms with Gasteiger partial charge in [-0.1, -0.05) is 6.58 Å². The van der Waals surface area contributed by atoms with E-state index in [4.69, 9.17) is 14.2 Å². The van der Waals surface area contributed by atoms with E-state index in [1.54, 1.807) is 7.11 Å². The van der Waals surface area contributed by atoms with Crippen molar-refractivity contribution in [2.45, 2.75) is 6.10 Å². The van der Waals surface area contributed by atoms with Crippen LogP contribution in [-0.2, 0) is 19.0 Å². The summed E-state index contributed by atoms with van der Waals surface area (Å²) in [5, 5.41) is 0. The van der Waals surface area contributed by atoms with Crippen LogP contribution in [0.15, 0.2) is 12.7 Å². The van der Waals surface area contributed by atoms with Crippen molar-refractivity contribution < 1.29 is 19.0 Å². The molecule has 4 nitrogen and oxygen atoms in total. The molecule has 0 N–H and O–H groups in total. The number of hydrogen-bond donors (Lipinski definition) is 0. The Morgan fingerprint density at radius 3 is 2.58 bits per heavy atom. The minimum Gasteiger partial charge on any atom is -0.460 e. The first-order valence-corrected chi connectivity index (χ1v) is 3.55. The van der Waals surface area contributed by atoms with Crippen molar-refractivity contribution in [2.75, 3.05) is 27.4 Å². The van der Waals surface area contributed by atoms with E-state index >= 15 is 0 Å². The van der Waals surface area contributed by atoms with Crippen LogP contribution in [0.25, 0.3) is 0 Å². The van der Waals surface area contributed by atoms with Gasteiger partial charge in [0, 0.05) is 20.3 Å². The Balaban J connectivity index is 3.56. The molecule has 0 aliphatic rings. The molecular weight excluding hydrogens is 160 g/mol. The van der Waals surface area contributed by atoms with Crippen LogP contribution in [0.3, 0.4) is 0 Å². The van der Waals surface area contributed by atoms with Gasteiger partial charge in [-0.15, -0.1) is 0 Å². The summed E-state index contributed by atoms with van der Waals surface area (Å²) >= 11 is 0. The fourth-order valence-corrected chi connectivity index (χ4v) is 0.604. The van der Waals surface area contributed by atoms with Crippen LogP contribution < -0.4 is 0 Å². The zero-order chi connectivity index (χ0) is 9.40. The first kappa shape index (κ1) is 11.1. The molecular formula is C8H14O4. The molecule has 1 unspecified atom stereocenters. The summed E-state index contributed by atoms with van der Waals surface area (Å²) in [7, 11) is 3.09. The highest BCUT2D eigenvalue weighted by Crippen LogP contribution is 1.92. The summed E-state index contributed by atoms with van der Waals surface area (Å²) in [5.41, 5.74) is 0. The normalized spacial score (nSPS) is 12.2. The second-order valence-electron chi connectivity index (χ2n) is 2.15. The van der Waals surface area contributed by atoms with Gasteiger partial charge in [-0.2, -0.15) is 0 Å². The first-order chi connectivity index (χ1) is 5.74. The molecule has 0 amide bonds. The van der Waals surface area contributed by atoms with E-state index in [2.05, 4.69) is 6.58 Å². The molecule has 1 atom stereocenters. The number of ether oxygens (including phenoxy) is 3. The van der Waals surface area contributed by atoms with Crippen molar-refractivity contribution in [1.29, 1.82) is 0 Å². The van der Waals surface area contributed by atoms with Crippen molar-refractivity contribution in [3.63, 3.8) is 0 Å². The molecule has 0 heterocycles. The maximum atomic E-state index is 10.6. The lowest BCUT2D eigenvalue weighted by molar-refractivity contribution is -0.142. The number of hydrogen-bond acceptors (Lipinski definition) is 4. The highest BCUT2D eigenvalue weighted by molar-refractivity contribution is 5.81. The maximum absolute atomic E-state index is 10.6. The fourth-order valence-electron chi connectivity index (χ4n) is 0.604. The third-order valence-corrected chi connectivity index (χ3v) is 1.26. The van der Waals surface area contributed by atoms with Crippen molar-refractivity contribution >= 4 is 5.97 Å². The molecule has 0 bridgehead atoms. The number of carbonyl (C=O) groups is 1. The summed E-state index contributed by atoms with van der Waals surface area (Å²) < 4.78 is 14.5. The molecule has 0 radical (unpaired) electrons. The molecule has 0 aromatic heterocycles. The van der Waals surface area contributed by atoms with Gasteiger partial charge in [0.25, 0.3) is 0 Å². The second kappa shape index (κ2) is 6.82. The van der Waals surface area contributed by atoms with Gasteiger partial charge in [0.05, 0.1) is 6.61 Å². The molecule has 0 aliphatic carbocycles. The standard InChI is InChI=1S/C8H14O4/c1-4-8(9)12-6-7(11-3)5-10-2/h4,7H,1,5-6H2,2-3H3. The number of methoxy groups -OCH3 is 2. The average Bonchev–Trinajstić information content (AvgIpc) is 2.11. The van der Waals surface area contributed by atoms with E-state index < -0.39 is 5.97 Å². The molecule has 0 spiro atoms. The second-order valence-corrected chi connectivity index (χ2v) is 2.15. The smallest absolute Gasteiger partial charge is 0.330 e. The van der Waals surface area contributed by atoms with Crippen LogP contribution in [0.5, 0.6) is 0 Å². The highest BCUT2D eigenvalue weighted by atomic mass is 16.6. The molecule has 70 valence electrons. The molecule has 0 aromatic carbocycles. The van der Waals surface area contributed by atoms with Crippen molar-refractivity contribution in [3.8, 4) is 0 Å². The van der Waals surface area contributed by atoms with Gasteiger partial charge < -0.3 is 14.2 Å². The Bertz CT molecular complexity index is 144. The van der Waals surface area contributed by atoms with Crippen LogP contribution in [0.2, 0.25) is 0 Å². The quantitative estimate of drug-likeness (QED) is 0.431. The number of rotatable bonds is 6. The lowest BCUT2D eigenvalue weighted by Crippen LogP contribution is -2.24. The summed E-state index contributed by atoms with van der Waals surface area (Å²) in [6, 6.07) is 0. The van der Waals surface area contributed by atoms with Crippen LogP contribution in [0, 0.1) is 0 Å². The molecule has 0 aromatic rings. The monoisotopic (exact) mass is 174 g/mol. The van der Waals surface area contributed by atoms with Crippen LogP contribution >= 0.6 is 0 Å². The van der Waals surface area contributed by atoms with Gasteiger partial charge >= 0.3 is 5.97 Å². The van der Waals surface area contributed by atoms with Crippen LogP contribution in [0.4, 0.5) is 0 Å². The lowest BCUT2D eigenvalue weighted by atomic mass is 10.4. The Hall–Kier alpha value is -0.870. The summed E-state index contributed by atoms with van der Waals surface area (Å²) in [6.45, 7) is 3.86.